The van der Waals surface area contributed by atoms with Crippen molar-refractivity contribution in [1.29, 1.82) is 0 Å². The summed E-state index contributed by atoms with van der Waals surface area (Å²) in [4.78, 5) is 24.1. The van der Waals surface area contributed by atoms with E-state index in [0.717, 1.165) is 51.6 Å². The van der Waals surface area contributed by atoms with E-state index in [1.54, 1.807) is 6.92 Å². The van der Waals surface area contributed by atoms with Gasteiger partial charge in [-0.25, -0.2) is 0 Å². The van der Waals surface area contributed by atoms with Gasteiger partial charge in [0.15, 0.2) is 5.79 Å². The van der Waals surface area contributed by atoms with Crippen LogP contribution in [0.15, 0.2) is 0 Å². The third-order valence-corrected chi connectivity index (χ3v) is 12.6. The molecule has 0 aromatic carbocycles. The van der Waals surface area contributed by atoms with Crippen LogP contribution in [0.4, 0.5) is 0 Å². The zero-order valence-corrected chi connectivity index (χ0v) is 23.8. The van der Waals surface area contributed by atoms with Crippen LogP contribution < -0.4 is 0 Å². The van der Waals surface area contributed by atoms with Crippen molar-refractivity contribution in [2.75, 3.05) is 6.61 Å². The zero-order chi connectivity index (χ0) is 26.3. The van der Waals surface area contributed by atoms with Crippen molar-refractivity contribution in [3.63, 3.8) is 0 Å². The number of ether oxygens (including phenoxy) is 4. The van der Waals surface area contributed by atoms with Crippen LogP contribution in [-0.2, 0) is 28.5 Å². The van der Waals surface area contributed by atoms with Crippen LogP contribution in [0.5, 0.6) is 0 Å². The Labute approximate surface area is 222 Å². The summed E-state index contributed by atoms with van der Waals surface area (Å²) in [5.74, 6) is 2.66. The zero-order valence-electron chi connectivity index (χ0n) is 23.8. The monoisotopic (exact) mass is 516 g/mol. The average Bonchev–Trinajstić information content (AvgIpc) is 3.27. The molecule has 0 N–H and O–H groups in total. The molecule has 6 nitrogen and oxygen atoms in total. The van der Waals surface area contributed by atoms with Crippen molar-refractivity contribution in [1.82, 2.24) is 0 Å². The highest BCUT2D eigenvalue weighted by molar-refractivity contribution is 5.66. The minimum atomic E-state index is -0.466. The predicted molar refractivity (Wildman–Crippen MR) is 138 cm³/mol. The van der Waals surface area contributed by atoms with Crippen molar-refractivity contribution < 1.29 is 28.5 Å². The van der Waals surface area contributed by atoms with Gasteiger partial charge in [-0.1, -0.05) is 27.7 Å². The molecule has 6 fully saturated rings. The van der Waals surface area contributed by atoms with E-state index in [1.165, 1.54) is 19.8 Å². The molecule has 208 valence electrons. The summed E-state index contributed by atoms with van der Waals surface area (Å²) in [6, 6.07) is 0. The predicted octanol–water partition coefficient (Wildman–Crippen LogP) is 5.91. The third-order valence-electron chi connectivity index (χ3n) is 12.6. The van der Waals surface area contributed by atoms with Crippen molar-refractivity contribution in [2.24, 2.45) is 52.3 Å². The van der Waals surface area contributed by atoms with E-state index in [1.807, 2.05) is 0 Å². The van der Waals surface area contributed by atoms with Gasteiger partial charge in [-0.3, -0.25) is 9.59 Å². The van der Waals surface area contributed by atoms with Crippen molar-refractivity contribution in [3.8, 4) is 0 Å². The van der Waals surface area contributed by atoms with E-state index >= 15 is 0 Å². The molecule has 4 saturated carbocycles. The first-order valence-electron chi connectivity index (χ1n) is 15.1. The van der Waals surface area contributed by atoms with E-state index in [0.29, 0.717) is 41.4 Å². The second-order valence-electron chi connectivity index (χ2n) is 14.3. The lowest BCUT2D eigenvalue weighted by molar-refractivity contribution is -0.274. The van der Waals surface area contributed by atoms with Gasteiger partial charge in [-0.05, 0) is 86.4 Å². The molecule has 6 aliphatic rings. The van der Waals surface area contributed by atoms with Gasteiger partial charge < -0.3 is 18.9 Å². The quantitative estimate of drug-likeness (QED) is 0.425. The Morgan fingerprint density at radius 3 is 2.30 bits per heavy atom. The van der Waals surface area contributed by atoms with E-state index in [-0.39, 0.29) is 41.1 Å². The van der Waals surface area contributed by atoms with Gasteiger partial charge in [0.05, 0.1) is 12.7 Å². The number of carbonyl (C=O) groups is 2. The number of hydrogen-bond donors (Lipinski definition) is 0. The molecule has 13 atom stereocenters. The van der Waals surface area contributed by atoms with Crippen LogP contribution >= 0.6 is 0 Å². The Balaban J connectivity index is 1.30. The van der Waals surface area contributed by atoms with Crippen LogP contribution in [0.2, 0.25) is 0 Å². The summed E-state index contributed by atoms with van der Waals surface area (Å²) in [5, 5.41) is 0. The fourth-order valence-corrected chi connectivity index (χ4v) is 10.9. The van der Waals surface area contributed by atoms with Crippen LogP contribution in [0.1, 0.15) is 99.3 Å². The van der Waals surface area contributed by atoms with Crippen molar-refractivity contribution in [3.05, 3.63) is 0 Å². The minimum absolute atomic E-state index is 0.0553. The summed E-state index contributed by atoms with van der Waals surface area (Å²) >= 11 is 0. The summed E-state index contributed by atoms with van der Waals surface area (Å²) in [7, 11) is 0. The molecule has 2 aliphatic heterocycles. The second kappa shape index (κ2) is 8.94. The van der Waals surface area contributed by atoms with Gasteiger partial charge in [0.2, 0.25) is 0 Å². The maximum absolute atomic E-state index is 12.5. The molecule has 6 heteroatoms. The molecule has 0 radical (unpaired) electrons. The molecular weight excluding hydrogens is 468 g/mol. The lowest BCUT2D eigenvalue weighted by Crippen LogP contribution is -2.60. The lowest BCUT2D eigenvalue weighted by atomic mass is 9.43. The highest BCUT2D eigenvalue weighted by Crippen LogP contribution is 2.71. The SMILES string of the molecule is CC(=O)O[C@H]1CC[C@@]2(C)[C@@H](CC[C@@H]3[C@@H]2C[C@H](OC(C)=O)[C@]2(C)[C@@H]4[C@H](C[C@@H]32)O[C@]2(CC[C@H](C)CO2)[C@H]4C)C1. The van der Waals surface area contributed by atoms with Crippen molar-refractivity contribution in [2.45, 2.75) is 123 Å². The van der Waals surface area contributed by atoms with Gasteiger partial charge in [-0.2, -0.15) is 0 Å². The molecule has 0 amide bonds. The Hall–Kier alpha value is -1.14. The van der Waals surface area contributed by atoms with Crippen LogP contribution in [0.3, 0.4) is 0 Å². The first kappa shape index (κ1) is 26.1. The average molecular weight is 517 g/mol. The third kappa shape index (κ3) is 3.85. The Morgan fingerprint density at radius 2 is 1.62 bits per heavy atom. The summed E-state index contributed by atoms with van der Waals surface area (Å²) in [6.45, 7) is 13.4. The van der Waals surface area contributed by atoms with E-state index in [4.69, 9.17) is 18.9 Å². The van der Waals surface area contributed by atoms with Crippen LogP contribution in [-0.4, -0.2) is 42.6 Å². The molecule has 0 unspecified atom stereocenters. The van der Waals surface area contributed by atoms with Gasteiger partial charge >= 0.3 is 11.9 Å². The molecule has 0 aromatic rings. The maximum atomic E-state index is 12.5. The van der Waals surface area contributed by atoms with Crippen LogP contribution in [0.25, 0.3) is 0 Å². The summed E-state index contributed by atoms with van der Waals surface area (Å²) < 4.78 is 25.4. The number of esters is 2. The van der Waals surface area contributed by atoms with E-state index in [9.17, 15) is 9.59 Å². The van der Waals surface area contributed by atoms with E-state index < -0.39 is 5.79 Å². The molecule has 37 heavy (non-hydrogen) atoms. The van der Waals surface area contributed by atoms with Crippen LogP contribution in [0, 0.1) is 52.3 Å². The topological polar surface area (TPSA) is 71.1 Å². The Kier molecular flexibility index (Phi) is 6.31. The minimum Gasteiger partial charge on any atom is -0.463 e. The first-order chi connectivity index (χ1) is 17.5. The molecule has 0 bridgehead atoms. The van der Waals surface area contributed by atoms with Crippen molar-refractivity contribution >= 4 is 11.9 Å². The molecule has 1 spiro atoms. The summed E-state index contributed by atoms with van der Waals surface area (Å²) in [5.41, 5.74) is 0.109. The number of hydrogen-bond acceptors (Lipinski definition) is 6. The fraction of sp³-hybridized carbons (Fsp3) is 0.935. The largest absolute Gasteiger partial charge is 0.463 e. The van der Waals surface area contributed by atoms with Gasteiger partial charge in [-0.15, -0.1) is 0 Å². The van der Waals surface area contributed by atoms with Gasteiger partial charge in [0.1, 0.15) is 12.2 Å². The Bertz CT molecular complexity index is 925. The lowest BCUT2D eigenvalue weighted by Gasteiger charge is -2.62. The number of rotatable bonds is 2. The van der Waals surface area contributed by atoms with E-state index in [2.05, 4.69) is 27.7 Å². The normalized spacial score (nSPS) is 54.5. The second-order valence-corrected chi connectivity index (χ2v) is 14.3. The standard InChI is InChI=1S/C31H48O6/c1-17-9-12-31(34-16-17)18(2)28-26(37-31)14-25-23-8-7-21-13-22(35-19(3)32)10-11-29(21,5)24(23)15-27(30(25,28)6)36-20(4)33/h17-18,21-28H,7-16H2,1-6H3/t17-,18-,21-,22-,23+,24-,25-,26-,27-,28-,29-,30+,31+/m0/s1. The molecular formula is C31H48O6. The summed E-state index contributed by atoms with van der Waals surface area (Å²) in [6.07, 6.45) is 9.70. The first-order valence-corrected chi connectivity index (χ1v) is 15.1. The van der Waals surface area contributed by atoms with Gasteiger partial charge in [0.25, 0.3) is 0 Å². The molecule has 0 aromatic heterocycles. The maximum Gasteiger partial charge on any atom is 0.302 e. The van der Waals surface area contributed by atoms with Gasteiger partial charge in [0, 0.05) is 37.5 Å². The Morgan fingerprint density at radius 1 is 0.865 bits per heavy atom. The smallest absolute Gasteiger partial charge is 0.302 e. The molecule has 4 aliphatic carbocycles. The molecule has 2 heterocycles. The number of fused-ring (bicyclic) bond motifs is 7. The number of carbonyl (C=O) groups excluding carboxylic acids is 2. The molecule has 2 saturated heterocycles. The highest BCUT2D eigenvalue weighted by atomic mass is 16.7. The molecule has 6 rings (SSSR count). The highest BCUT2D eigenvalue weighted by Gasteiger charge is 2.72. The fourth-order valence-electron chi connectivity index (χ4n) is 10.9.